The molecule has 2 N–H and O–H groups in total. The van der Waals surface area contributed by atoms with Gasteiger partial charge < -0.3 is 14.8 Å². The van der Waals surface area contributed by atoms with E-state index in [9.17, 15) is 9.90 Å². The molecular formula is C17H21NO3. The van der Waals surface area contributed by atoms with Crippen LogP contribution in [-0.2, 0) is 6.54 Å². The van der Waals surface area contributed by atoms with Crippen molar-refractivity contribution in [1.29, 1.82) is 0 Å². The van der Waals surface area contributed by atoms with E-state index < -0.39 is 5.97 Å². The van der Waals surface area contributed by atoms with Gasteiger partial charge in [-0.05, 0) is 24.3 Å². The fraction of sp³-hybridized carbons (Fsp3) is 0.471. The van der Waals surface area contributed by atoms with Crippen molar-refractivity contribution >= 4 is 16.9 Å². The molecule has 1 aromatic carbocycles. The van der Waals surface area contributed by atoms with Gasteiger partial charge in [0.05, 0.1) is 0 Å². The molecule has 1 aliphatic rings. The molecule has 1 heterocycles. The van der Waals surface area contributed by atoms with E-state index in [1.807, 2.05) is 24.3 Å². The van der Waals surface area contributed by atoms with E-state index in [4.69, 9.17) is 4.42 Å². The minimum absolute atomic E-state index is 0.0551. The maximum atomic E-state index is 11.4. The number of hydrogen-bond acceptors (Lipinski definition) is 3. The summed E-state index contributed by atoms with van der Waals surface area (Å²) in [6, 6.07) is 7.92. The zero-order chi connectivity index (χ0) is 15.0. The second kappa shape index (κ2) is 5.19. The van der Waals surface area contributed by atoms with Crippen LogP contribution in [0.25, 0.3) is 11.0 Å². The standard InChI is InChI=1S/C17H21NO3/c1-17(2)9-5-8-14(17)18-10-12-11-6-3-4-7-13(11)21-15(12)16(19)20/h3-4,6-7,14,18H,5,8-10H2,1-2H3,(H,19,20). The fourth-order valence-electron chi connectivity index (χ4n) is 3.38. The third kappa shape index (κ3) is 2.56. The molecule has 1 aliphatic carbocycles. The Morgan fingerprint density at radius 1 is 1.43 bits per heavy atom. The molecule has 1 fully saturated rings. The Morgan fingerprint density at radius 2 is 2.19 bits per heavy atom. The van der Waals surface area contributed by atoms with Crippen LogP contribution in [0.1, 0.15) is 49.2 Å². The van der Waals surface area contributed by atoms with Crippen LogP contribution < -0.4 is 5.32 Å². The van der Waals surface area contributed by atoms with E-state index in [1.165, 1.54) is 12.8 Å². The molecule has 1 atom stereocenters. The lowest BCUT2D eigenvalue weighted by Gasteiger charge is -2.28. The van der Waals surface area contributed by atoms with Gasteiger partial charge in [0.1, 0.15) is 5.58 Å². The highest BCUT2D eigenvalue weighted by Gasteiger charge is 2.34. The van der Waals surface area contributed by atoms with Crippen LogP contribution in [0.2, 0.25) is 0 Å². The first kappa shape index (κ1) is 14.1. The number of nitrogens with one attached hydrogen (secondary N) is 1. The predicted molar refractivity (Wildman–Crippen MR) is 81.4 cm³/mol. The predicted octanol–water partition coefficient (Wildman–Crippen LogP) is 3.80. The molecule has 2 aromatic rings. The summed E-state index contributed by atoms with van der Waals surface area (Å²) in [7, 11) is 0. The van der Waals surface area contributed by atoms with Gasteiger partial charge in [0, 0.05) is 23.5 Å². The van der Waals surface area contributed by atoms with Crippen LogP contribution in [0.4, 0.5) is 0 Å². The minimum atomic E-state index is -1.01. The molecule has 3 rings (SSSR count). The van der Waals surface area contributed by atoms with Gasteiger partial charge in [-0.1, -0.05) is 38.5 Å². The summed E-state index contributed by atoms with van der Waals surface area (Å²) < 4.78 is 5.49. The maximum absolute atomic E-state index is 11.4. The normalized spacial score (nSPS) is 21.0. The van der Waals surface area contributed by atoms with Crippen molar-refractivity contribution in [3.63, 3.8) is 0 Å². The Labute approximate surface area is 124 Å². The van der Waals surface area contributed by atoms with Crippen molar-refractivity contribution in [2.75, 3.05) is 0 Å². The van der Waals surface area contributed by atoms with Crippen LogP contribution in [0.3, 0.4) is 0 Å². The molecular weight excluding hydrogens is 266 g/mol. The highest BCUT2D eigenvalue weighted by atomic mass is 16.4. The van der Waals surface area contributed by atoms with E-state index in [0.717, 1.165) is 17.4 Å². The van der Waals surface area contributed by atoms with E-state index in [-0.39, 0.29) is 11.2 Å². The SMILES string of the molecule is CC1(C)CCCC1NCc1c(C(=O)O)oc2ccccc12. The number of aromatic carboxylic acids is 1. The molecule has 1 aromatic heterocycles. The van der Waals surface area contributed by atoms with E-state index in [1.54, 1.807) is 0 Å². The topological polar surface area (TPSA) is 62.5 Å². The van der Waals surface area contributed by atoms with Gasteiger partial charge in [-0.15, -0.1) is 0 Å². The molecule has 0 saturated heterocycles. The molecule has 0 spiro atoms. The molecule has 0 radical (unpaired) electrons. The summed E-state index contributed by atoms with van der Waals surface area (Å²) in [5, 5.41) is 13.8. The quantitative estimate of drug-likeness (QED) is 0.898. The largest absolute Gasteiger partial charge is 0.475 e. The number of para-hydroxylation sites is 1. The van der Waals surface area contributed by atoms with Crippen molar-refractivity contribution in [2.24, 2.45) is 5.41 Å². The maximum Gasteiger partial charge on any atom is 0.372 e. The number of hydrogen-bond donors (Lipinski definition) is 2. The zero-order valence-corrected chi connectivity index (χ0v) is 12.5. The first-order chi connectivity index (χ1) is 9.99. The van der Waals surface area contributed by atoms with Gasteiger partial charge >= 0.3 is 5.97 Å². The number of furan rings is 1. The number of fused-ring (bicyclic) bond motifs is 1. The van der Waals surface area contributed by atoms with E-state index >= 15 is 0 Å². The highest BCUT2D eigenvalue weighted by Crippen LogP contribution is 2.37. The second-order valence-corrected chi connectivity index (χ2v) is 6.53. The third-order valence-electron chi connectivity index (χ3n) is 4.68. The zero-order valence-electron chi connectivity index (χ0n) is 12.5. The van der Waals surface area contributed by atoms with E-state index in [0.29, 0.717) is 18.2 Å². The smallest absolute Gasteiger partial charge is 0.372 e. The van der Waals surface area contributed by atoms with Crippen LogP contribution in [-0.4, -0.2) is 17.1 Å². The van der Waals surface area contributed by atoms with Gasteiger partial charge in [0.25, 0.3) is 0 Å². The first-order valence-electron chi connectivity index (χ1n) is 7.46. The van der Waals surface area contributed by atoms with Gasteiger partial charge in [-0.2, -0.15) is 0 Å². The molecule has 4 nitrogen and oxygen atoms in total. The summed E-state index contributed by atoms with van der Waals surface area (Å²) in [5.74, 6) is -0.951. The number of carboxylic acid groups (broad SMARTS) is 1. The number of benzene rings is 1. The Morgan fingerprint density at radius 3 is 2.86 bits per heavy atom. The lowest BCUT2D eigenvalue weighted by Crippen LogP contribution is -2.37. The van der Waals surface area contributed by atoms with Crippen molar-refractivity contribution in [3.8, 4) is 0 Å². The molecule has 1 saturated carbocycles. The number of carbonyl (C=O) groups is 1. The van der Waals surface area contributed by atoms with E-state index in [2.05, 4.69) is 19.2 Å². The molecule has 4 heteroatoms. The molecule has 0 bridgehead atoms. The molecule has 1 unspecified atom stereocenters. The highest BCUT2D eigenvalue weighted by molar-refractivity contribution is 5.95. The third-order valence-corrected chi connectivity index (χ3v) is 4.68. The summed E-state index contributed by atoms with van der Waals surface area (Å²) >= 11 is 0. The summed E-state index contributed by atoms with van der Waals surface area (Å²) in [6.45, 7) is 5.07. The first-order valence-corrected chi connectivity index (χ1v) is 7.46. The fourth-order valence-corrected chi connectivity index (χ4v) is 3.38. The van der Waals surface area contributed by atoms with Crippen molar-refractivity contribution in [3.05, 3.63) is 35.6 Å². The van der Waals surface area contributed by atoms with Gasteiger partial charge in [-0.25, -0.2) is 4.79 Å². The molecule has 0 amide bonds. The minimum Gasteiger partial charge on any atom is -0.475 e. The Kier molecular flexibility index (Phi) is 3.49. The van der Waals surface area contributed by atoms with Gasteiger partial charge in [0.2, 0.25) is 5.76 Å². The number of rotatable bonds is 4. The summed E-state index contributed by atoms with van der Waals surface area (Å²) in [4.78, 5) is 11.4. The lowest BCUT2D eigenvalue weighted by molar-refractivity contribution is 0.0663. The summed E-state index contributed by atoms with van der Waals surface area (Å²) in [6.07, 6.45) is 3.58. The monoisotopic (exact) mass is 287 g/mol. The molecule has 0 aliphatic heterocycles. The Hall–Kier alpha value is -1.81. The lowest BCUT2D eigenvalue weighted by atomic mass is 9.87. The van der Waals surface area contributed by atoms with Crippen molar-refractivity contribution in [1.82, 2.24) is 5.32 Å². The van der Waals surface area contributed by atoms with Crippen molar-refractivity contribution < 1.29 is 14.3 Å². The molecule has 21 heavy (non-hydrogen) atoms. The number of carboxylic acids is 1. The van der Waals surface area contributed by atoms with Gasteiger partial charge in [-0.3, -0.25) is 0 Å². The van der Waals surface area contributed by atoms with Crippen LogP contribution in [0.5, 0.6) is 0 Å². The average molecular weight is 287 g/mol. The van der Waals surface area contributed by atoms with Gasteiger partial charge in [0.15, 0.2) is 0 Å². The Balaban J connectivity index is 1.89. The average Bonchev–Trinajstić information content (AvgIpc) is 2.96. The van der Waals surface area contributed by atoms with Crippen molar-refractivity contribution in [2.45, 2.75) is 45.7 Å². The summed E-state index contributed by atoms with van der Waals surface area (Å²) in [5.41, 5.74) is 1.65. The Bertz CT molecular complexity index is 672. The molecule has 112 valence electrons. The van der Waals surface area contributed by atoms with Crippen LogP contribution in [0, 0.1) is 5.41 Å². The van der Waals surface area contributed by atoms with Crippen LogP contribution >= 0.6 is 0 Å². The van der Waals surface area contributed by atoms with Crippen LogP contribution in [0.15, 0.2) is 28.7 Å². The second-order valence-electron chi connectivity index (χ2n) is 6.53.